The van der Waals surface area contributed by atoms with E-state index >= 15 is 0 Å². The lowest BCUT2D eigenvalue weighted by Crippen LogP contribution is -2.43. The minimum atomic E-state index is -0.205. The summed E-state index contributed by atoms with van der Waals surface area (Å²) in [5.41, 5.74) is 6.34. The number of hydrogen-bond acceptors (Lipinski definition) is 2. The van der Waals surface area contributed by atoms with E-state index in [1.807, 2.05) is 0 Å². The highest BCUT2D eigenvalue weighted by atomic mass is 16.5. The number of ether oxygens (including phenoxy) is 1. The largest absolute Gasteiger partial charge is 0.387 e. The molecule has 0 heterocycles. The second-order valence-electron chi connectivity index (χ2n) is 10.3. The van der Waals surface area contributed by atoms with Gasteiger partial charge in [0.15, 0.2) is 0 Å². The molecule has 1 unspecified atom stereocenters. The topological polar surface area (TPSA) is 47.6 Å². The zero-order valence-electron chi connectivity index (χ0n) is 17.6. The van der Waals surface area contributed by atoms with Gasteiger partial charge in [-0.1, -0.05) is 41.5 Å². The van der Waals surface area contributed by atoms with Gasteiger partial charge in [-0.15, -0.1) is 0 Å². The predicted molar refractivity (Wildman–Crippen MR) is 103 cm³/mol. The highest BCUT2D eigenvalue weighted by Crippen LogP contribution is 2.40. The van der Waals surface area contributed by atoms with Crippen molar-refractivity contribution >= 4 is 5.84 Å². The van der Waals surface area contributed by atoms with Gasteiger partial charge in [-0.25, -0.2) is 0 Å². The van der Waals surface area contributed by atoms with Gasteiger partial charge in [-0.05, 0) is 58.8 Å². The Bertz CT molecular complexity index is 397. The summed E-state index contributed by atoms with van der Waals surface area (Å²) in [7, 11) is 0. The molecular weight excluding hydrogens is 284 g/mol. The van der Waals surface area contributed by atoms with Gasteiger partial charge < -0.3 is 10.5 Å². The number of hydrogen-bond donors (Lipinski definition) is 1. The van der Waals surface area contributed by atoms with Crippen LogP contribution < -0.4 is 5.73 Å². The molecular formula is C20H42N2O. The third-order valence-corrected chi connectivity index (χ3v) is 4.43. The molecule has 0 saturated heterocycles. The van der Waals surface area contributed by atoms with Crippen LogP contribution in [0.4, 0.5) is 0 Å². The van der Waals surface area contributed by atoms with Crippen LogP contribution in [-0.2, 0) is 4.74 Å². The molecule has 0 aliphatic carbocycles. The minimum absolute atomic E-state index is 0.0829. The SMILES string of the molecule is CC(C)C(C)(CC(C)(C)C)C(N)=NC(C)(C)CCOC(C)(C)C. The van der Waals surface area contributed by atoms with E-state index in [1.54, 1.807) is 0 Å². The number of nitrogens with zero attached hydrogens (tertiary/aromatic N) is 1. The zero-order chi connectivity index (χ0) is 18.7. The molecule has 0 aliphatic rings. The van der Waals surface area contributed by atoms with E-state index < -0.39 is 0 Å². The molecule has 1 atom stereocenters. The average molecular weight is 327 g/mol. The quantitative estimate of drug-likeness (QED) is 0.501. The molecule has 0 aromatic carbocycles. The maximum Gasteiger partial charge on any atom is 0.101 e. The molecule has 23 heavy (non-hydrogen) atoms. The molecule has 0 aromatic heterocycles. The highest BCUT2D eigenvalue weighted by molar-refractivity contribution is 5.87. The first-order chi connectivity index (χ1) is 9.99. The van der Waals surface area contributed by atoms with Crippen molar-refractivity contribution in [3.05, 3.63) is 0 Å². The van der Waals surface area contributed by atoms with Gasteiger partial charge >= 0.3 is 0 Å². The van der Waals surface area contributed by atoms with Crippen molar-refractivity contribution in [3.63, 3.8) is 0 Å². The van der Waals surface area contributed by atoms with Crippen molar-refractivity contribution in [2.24, 2.45) is 27.5 Å². The monoisotopic (exact) mass is 326 g/mol. The van der Waals surface area contributed by atoms with Crippen molar-refractivity contribution in [3.8, 4) is 0 Å². The molecule has 0 saturated carbocycles. The molecule has 0 fully saturated rings. The van der Waals surface area contributed by atoms with Crippen LogP contribution in [0, 0.1) is 16.7 Å². The Morgan fingerprint density at radius 1 is 0.957 bits per heavy atom. The van der Waals surface area contributed by atoms with Gasteiger partial charge in [0.1, 0.15) is 5.84 Å². The summed E-state index contributed by atoms with van der Waals surface area (Å²) < 4.78 is 5.85. The third-order valence-electron chi connectivity index (χ3n) is 4.43. The Hall–Kier alpha value is -0.570. The summed E-state index contributed by atoms with van der Waals surface area (Å²) in [6.07, 6.45) is 1.90. The predicted octanol–water partition coefficient (Wildman–Crippen LogP) is 5.43. The average Bonchev–Trinajstić information content (AvgIpc) is 2.22. The lowest BCUT2D eigenvalue weighted by molar-refractivity contribution is -0.00935. The summed E-state index contributed by atoms with van der Waals surface area (Å²) in [5.74, 6) is 1.23. The van der Waals surface area contributed by atoms with Crippen molar-refractivity contribution in [2.45, 2.75) is 100 Å². The zero-order valence-corrected chi connectivity index (χ0v) is 17.6. The van der Waals surface area contributed by atoms with Crippen LogP contribution in [0.25, 0.3) is 0 Å². The van der Waals surface area contributed by atoms with Crippen LogP contribution >= 0.6 is 0 Å². The lowest BCUT2D eigenvalue weighted by atomic mass is 9.68. The van der Waals surface area contributed by atoms with Crippen LogP contribution in [0.1, 0.15) is 89.0 Å². The van der Waals surface area contributed by atoms with E-state index in [9.17, 15) is 0 Å². The van der Waals surface area contributed by atoms with Gasteiger partial charge in [-0.2, -0.15) is 0 Å². The van der Waals surface area contributed by atoms with Gasteiger partial charge in [0.05, 0.1) is 11.1 Å². The molecule has 0 bridgehead atoms. The smallest absolute Gasteiger partial charge is 0.101 e. The highest BCUT2D eigenvalue weighted by Gasteiger charge is 2.37. The number of rotatable bonds is 7. The molecule has 138 valence electrons. The number of nitrogens with two attached hydrogens (primary N) is 1. The van der Waals surface area contributed by atoms with Gasteiger partial charge in [0, 0.05) is 12.0 Å². The third kappa shape index (κ3) is 8.74. The van der Waals surface area contributed by atoms with Crippen LogP contribution in [0.2, 0.25) is 0 Å². The van der Waals surface area contributed by atoms with Crippen molar-refractivity contribution in [1.82, 2.24) is 0 Å². The second-order valence-corrected chi connectivity index (χ2v) is 10.3. The first-order valence-corrected chi connectivity index (χ1v) is 8.98. The van der Waals surface area contributed by atoms with Gasteiger partial charge in [0.2, 0.25) is 0 Å². The Kier molecular flexibility index (Phi) is 7.36. The van der Waals surface area contributed by atoms with Crippen molar-refractivity contribution in [1.29, 1.82) is 0 Å². The van der Waals surface area contributed by atoms with E-state index in [0.717, 1.165) is 18.7 Å². The molecule has 0 amide bonds. The van der Waals surface area contributed by atoms with E-state index in [1.165, 1.54) is 0 Å². The Labute approximate surface area is 145 Å². The number of aliphatic imine (C=N–C) groups is 1. The molecule has 0 spiro atoms. The molecule has 0 rings (SSSR count). The van der Waals surface area contributed by atoms with Crippen LogP contribution in [0.5, 0.6) is 0 Å². The lowest BCUT2D eigenvalue weighted by Gasteiger charge is -2.40. The standard InChI is InChI=1S/C20H42N2O/c1-15(2)20(11,14-17(3,4)5)16(21)22-19(9,10)12-13-23-18(6,7)8/h15H,12-14H2,1-11H3,(H2,21,22). The molecule has 0 aromatic rings. The van der Waals surface area contributed by atoms with Crippen molar-refractivity contribution in [2.75, 3.05) is 6.61 Å². The van der Waals surface area contributed by atoms with Crippen LogP contribution in [0.3, 0.4) is 0 Å². The van der Waals surface area contributed by atoms with Gasteiger partial charge in [0.25, 0.3) is 0 Å². The summed E-state index contributed by atoms with van der Waals surface area (Å²) in [5, 5.41) is 0. The summed E-state index contributed by atoms with van der Waals surface area (Å²) in [4.78, 5) is 4.92. The minimum Gasteiger partial charge on any atom is -0.387 e. The fourth-order valence-corrected chi connectivity index (χ4v) is 2.81. The van der Waals surface area contributed by atoms with E-state index in [4.69, 9.17) is 15.5 Å². The molecule has 0 radical (unpaired) electrons. The fourth-order valence-electron chi connectivity index (χ4n) is 2.81. The number of amidine groups is 1. The van der Waals surface area contributed by atoms with E-state index in [0.29, 0.717) is 12.5 Å². The Morgan fingerprint density at radius 2 is 1.43 bits per heavy atom. The van der Waals surface area contributed by atoms with Crippen LogP contribution in [0.15, 0.2) is 4.99 Å². The molecule has 3 nitrogen and oxygen atoms in total. The summed E-state index contributed by atoms with van der Waals surface area (Å²) >= 11 is 0. The second kappa shape index (κ2) is 7.55. The van der Waals surface area contributed by atoms with E-state index in [-0.39, 0.29) is 22.0 Å². The molecule has 0 aliphatic heterocycles. The molecule has 2 N–H and O–H groups in total. The maximum atomic E-state index is 6.51. The van der Waals surface area contributed by atoms with Crippen LogP contribution in [-0.4, -0.2) is 23.6 Å². The van der Waals surface area contributed by atoms with Gasteiger partial charge in [-0.3, -0.25) is 4.99 Å². The Morgan fingerprint density at radius 3 is 1.78 bits per heavy atom. The maximum absolute atomic E-state index is 6.51. The first kappa shape index (κ1) is 22.4. The Balaban J connectivity index is 5.18. The molecule has 3 heteroatoms. The summed E-state index contributed by atoms with van der Waals surface area (Å²) in [6, 6.07) is 0. The first-order valence-electron chi connectivity index (χ1n) is 8.98. The normalized spacial score (nSPS) is 17.5. The fraction of sp³-hybridized carbons (Fsp3) is 0.950. The van der Waals surface area contributed by atoms with Crippen molar-refractivity contribution < 1.29 is 4.74 Å². The summed E-state index contributed by atoms with van der Waals surface area (Å²) in [6.45, 7) is 24.8. The van der Waals surface area contributed by atoms with E-state index in [2.05, 4.69) is 76.2 Å².